The number of halogens is 1. The molecule has 0 unspecified atom stereocenters. The fraction of sp³-hybridized carbons (Fsp3) is 0. The van der Waals surface area contributed by atoms with Crippen molar-refractivity contribution in [1.29, 1.82) is 0 Å². The van der Waals surface area contributed by atoms with E-state index in [1.807, 2.05) is 24.3 Å². The van der Waals surface area contributed by atoms with Crippen molar-refractivity contribution in [3.05, 3.63) is 72.8 Å². The molecule has 5 rings (SSSR count). The zero-order valence-electron chi connectivity index (χ0n) is 12.7. The predicted molar refractivity (Wildman–Crippen MR) is 99.8 cm³/mol. The van der Waals surface area contributed by atoms with E-state index >= 15 is 0 Å². The topological polar surface area (TPSA) is 18.5 Å². The van der Waals surface area contributed by atoms with E-state index in [9.17, 15) is 0 Å². The maximum Gasteiger partial charge on any atom is 0.999 e. The Bertz CT molecular complexity index is 1010. The molecular formula is C20H12AlClO2. The molecule has 114 valence electrons. The molecule has 1 heterocycles. The monoisotopic (exact) mass is 346 g/mol. The van der Waals surface area contributed by atoms with Crippen LogP contribution in [-0.4, -0.2) is 13.9 Å². The SMILES string of the molecule is [Cl][Al]1[O]c2ccc3ccccc3c2-c2c(ccc3ccccc23)[O]1. The molecule has 4 aromatic rings. The van der Waals surface area contributed by atoms with Gasteiger partial charge in [0.05, 0.1) is 11.5 Å². The molecule has 0 aromatic heterocycles. The van der Waals surface area contributed by atoms with Crippen molar-refractivity contribution in [3.63, 3.8) is 0 Å². The van der Waals surface area contributed by atoms with Crippen LogP contribution in [0.15, 0.2) is 72.8 Å². The molecule has 0 N–H and O–H groups in total. The van der Waals surface area contributed by atoms with Crippen LogP contribution in [0.5, 0.6) is 11.5 Å². The molecule has 24 heavy (non-hydrogen) atoms. The number of hydrogen-bond acceptors (Lipinski definition) is 2. The Morgan fingerprint density at radius 2 is 1.04 bits per heavy atom. The molecular weight excluding hydrogens is 335 g/mol. The van der Waals surface area contributed by atoms with Crippen molar-refractivity contribution < 1.29 is 7.58 Å². The largest absolute Gasteiger partial charge is 0.999 e. The lowest BCUT2D eigenvalue weighted by Crippen LogP contribution is -2.21. The zero-order chi connectivity index (χ0) is 16.1. The molecule has 1 aliphatic heterocycles. The first-order valence-electron chi connectivity index (χ1n) is 7.82. The lowest BCUT2D eigenvalue weighted by Gasteiger charge is -2.15. The maximum atomic E-state index is 6.37. The third kappa shape index (κ3) is 2.10. The van der Waals surface area contributed by atoms with Crippen molar-refractivity contribution in [3.8, 4) is 22.6 Å². The van der Waals surface area contributed by atoms with Crippen LogP contribution in [0.25, 0.3) is 32.7 Å². The van der Waals surface area contributed by atoms with Gasteiger partial charge in [-0.3, -0.25) is 0 Å². The zero-order valence-corrected chi connectivity index (χ0v) is 14.6. The van der Waals surface area contributed by atoms with Crippen LogP contribution in [0, 0.1) is 0 Å². The van der Waals surface area contributed by atoms with Gasteiger partial charge in [0, 0.05) is 11.1 Å². The Hall–Kier alpha value is -2.18. The first-order valence-corrected chi connectivity index (χ1v) is 10.5. The van der Waals surface area contributed by atoms with Crippen LogP contribution in [0.4, 0.5) is 0 Å². The van der Waals surface area contributed by atoms with Crippen molar-refractivity contribution in [2.45, 2.75) is 0 Å². The quantitative estimate of drug-likeness (QED) is 0.383. The highest BCUT2D eigenvalue weighted by molar-refractivity contribution is 7.00. The smallest absolute Gasteiger partial charge is 0.599 e. The summed E-state index contributed by atoms with van der Waals surface area (Å²) in [5.41, 5.74) is 2.13. The molecule has 2 nitrogen and oxygen atoms in total. The standard InChI is InChI=1S/C20H14O2.Al.ClH/c21-17-11-9-13-5-1-3-7-15(13)19(17)20-16-8-4-2-6-14(16)10-12-18(20)22;;/h1-12,21-22H;;1H/q;+3;/p-3. The van der Waals surface area contributed by atoms with Gasteiger partial charge in [0.2, 0.25) is 0 Å². The molecule has 4 aromatic carbocycles. The van der Waals surface area contributed by atoms with Gasteiger partial charge in [0.25, 0.3) is 0 Å². The lowest BCUT2D eigenvalue weighted by atomic mass is 9.92. The molecule has 0 spiro atoms. The first-order chi connectivity index (χ1) is 11.8. The molecule has 0 fully saturated rings. The predicted octanol–water partition coefficient (Wildman–Crippen LogP) is 5.65. The summed E-state index contributed by atoms with van der Waals surface area (Å²) in [6.45, 7) is 0. The van der Waals surface area contributed by atoms with Crippen LogP contribution >= 0.6 is 10.0 Å². The molecule has 0 saturated carbocycles. The number of benzene rings is 4. The normalized spacial score (nSPS) is 13.0. The summed E-state index contributed by atoms with van der Waals surface area (Å²) in [5.74, 6) is 1.60. The molecule has 0 amide bonds. The Balaban J connectivity index is 2.00. The van der Waals surface area contributed by atoms with E-state index in [4.69, 9.17) is 17.6 Å². The highest BCUT2D eigenvalue weighted by Gasteiger charge is 2.36. The third-order valence-corrected chi connectivity index (χ3v) is 5.88. The molecule has 0 radical (unpaired) electrons. The Morgan fingerprint density at radius 1 is 0.583 bits per heavy atom. The van der Waals surface area contributed by atoms with Crippen molar-refractivity contribution in [2.75, 3.05) is 0 Å². The highest BCUT2D eigenvalue weighted by atomic mass is 35.6. The molecule has 0 bridgehead atoms. The molecule has 1 aliphatic rings. The Morgan fingerprint density at radius 3 is 1.54 bits per heavy atom. The van der Waals surface area contributed by atoms with Gasteiger partial charge in [-0.1, -0.05) is 60.7 Å². The van der Waals surface area contributed by atoms with Crippen LogP contribution in [0.3, 0.4) is 0 Å². The van der Waals surface area contributed by atoms with Crippen molar-refractivity contribution in [2.24, 2.45) is 0 Å². The highest BCUT2D eigenvalue weighted by Crippen LogP contribution is 2.47. The second-order valence-electron chi connectivity index (χ2n) is 5.83. The number of hydrogen-bond donors (Lipinski definition) is 0. The molecule has 4 heteroatoms. The summed E-state index contributed by atoms with van der Waals surface area (Å²) >= 11 is -2.30. The molecule has 0 atom stereocenters. The Kier molecular flexibility index (Phi) is 3.21. The second kappa shape index (κ2) is 5.43. The van der Waals surface area contributed by atoms with Gasteiger partial charge in [0.1, 0.15) is 0 Å². The van der Waals surface area contributed by atoms with E-state index in [1.54, 1.807) is 0 Å². The molecule has 0 aliphatic carbocycles. The van der Waals surface area contributed by atoms with Gasteiger partial charge < -0.3 is 7.58 Å². The van der Waals surface area contributed by atoms with E-state index in [1.165, 1.54) is 10.8 Å². The number of rotatable bonds is 0. The van der Waals surface area contributed by atoms with Gasteiger partial charge in [-0.05, 0) is 33.7 Å². The summed E-state index contributed by atoms with van der Waals surface area (Å²) in [4.78, 5) is 0. The summed E-state index contributed by atoms with van der Waals surface area (Å²) in [5, 5.41) is 4.65. The van der Waals surface area contributed by atoms with E-state index in [-0.39, 0.29) is 0 Å². The minimum absolute atomic E-state index is 0.801. The van der Waals surface area contributed by atoms with Gasteiger partial charge in [-0.25, -0.2) is 0 Å². The average Bonchev–Trinajstić information content (AvgIpc) is 2.77. The van der Waals surface area contributed by atoms with Crippen LogP contribution in [-0.2, 0) is 0 Å². The van der Waals surface area contributed by atoms with Crippen LogP contribution in [0.1, 0.15) is 0 Å². The van der Waals surface area contributed by atoms with Gasteiger partial charge in [0.15, 0.2) is 0 Å². The van der Waals surface area contributed by atoms with Crippen LogP contribution in [0.2, 0.25) is 0 Å². The van der Waals surface area contributed by atoms with E-state index in [0.717, 1.165) is 33.4 Å². The summed E-state index contributed by atoms with van der Waals surface area (Å²) in [6, 6.07) is 24.8. The maximum absolute atomic E-state index is 6.37. The van der Waals surface area contributed by atoms with Crippen molar-refractivity contribution in [1.82, 2.24) is 0 Å². The van der Waals surface area contributed by atoms with Gasteiger partial charge in [-0.15, -0.1) is 0 Å². The van der Waals surface area contributed by atoms with Gasteiger partial charge >= 0.3 is 13.9 Å². The lowest BCUT2D eigenvalue weighted by molar-refractivity contribution is 0.457. The first kappa shape index (κ1) is 14.2. The van der Waals surface area contributed by atoms with E-state index in [0.29, 0.717) is 0 Å². The fourth-order valence-corrected chi connectivity index (χ4v) is 4.86. The minimum atomic E-state index is -2.30. The van der Waals surface area contributed by atoms with Crippen LogP contribution < -0.4 is 7.58 Å². The van der Waals surface area contributed by atoms with E-state index in [2.05, 4.69) is 48.5 Å². The van der Waals surface area contributed by atoms with Gasteiger partial charge in [-0.2, -0.15) is 10.0 Å². The summed E-state index contributed by atoms with van der Waals surface area (Å²) < 4.78 is 12.0. The summed E-state index contributed by atoms with van der Waals surface area (Å²) in [7, 11) is 6.37. The minimum Gasteiger partial charge on any atom is -0.599 e. The summed E-state index contributed by atoms with van der Waals surface area (Å²) in [6.07, 6.45) is 0. The third-order valence-electron chi connectivity index (χ3n) is 4.47. The van der Waals surface area contributed by atoms with E-state index < -0.39 is 13.9 Å². The molecule has 0 saturated heterocycles. The van der Waals surface area contributed by atoms with Crippen molar-refractivity contribution >= 4 is 45.5 Å². The average molecular weight is 347 g/mol. The second-order valence-corrected chi connectivity index (χ2v) is 7.92. The Labute approximate surface area is 148 Å². The fourth-order valence-electron chi connectivity index (χ4n) is 3.44. The number of fused-ring (bicyclic) bond motifs is 7.